The molecule has 0 bridgehead atoms. The summed E-state index contributed by atoms with van der Waals surface area (Å²) in [5, 5.41) is 0.525. The van der Waals surface area contributed by atoms with Gasteiger partial charge in [-0.15, -0.1) is 0 Å². The molecule has 0 saturated carbocycles. The Hall–Kier alpha value is -0.190. The van der Waals surface area contributed by atoms with Gasteiger partial charge in [0.2, 0.25) is 0 Å². The summed E-state index contributed by atoms with van der Waals surface area (Å²) in [5.74, 6) is -0.858. The Kier molecular flexibility index (Phi) is 5.83. The third-order valence-corrected chi connectivity index (χ3v) is 5.65. The molecule has 0 aliphatic rings. The van der Waals surface area contributed by atoms with E-state index < -0.39 is 23.5 Å². The van der Waals surface area contributed by atoms with Gasteiger partial charge in [-0.05, 0) is 26.0 Å². The average Bonchev–Trinajstić information content (AvgIpc) is 2.29. The van der Waals surface area contributed by atoms with Gasteiger partial charge in [-0.3, -0.25) is 8.75 Å². The quantitative estimate of drug-likeness (QED) is 0.598. The zero-order valence-electron chi connectivity index (χ0n) is 9.54. The van der Waals surface area contributed by atoms with Gasteiger partial charge in [0, 0.05) is 16.0 Å². The van der Waals surface area contributed by atoms with E-state index in [4.69, 9.17) is 19.4 Å². The minimum Gasteiger partial charge on any atom is -0.324 e. The molecule has 0 radical (unpaired) electrons. The van der Waals surface area contributed by atoms with E-state index in [-0.39, 0.29) is 6.61 Å². The number of rotatable bonds is 6. The van der Waals surface area contributed by atoms with Gasteiger partial charge in [0.25, 0.3) is 17.7 Å². The Morgan fingerprint density at radius 2 is 2.00 bits per heavy atom. The van der Waals surface area contributed by atoms with E-state index in [0.717, 1.165) is 0 Å². The van der Waals surface area contributed by atoms with Crippen molar-refractivity contribution in [1.82, 2.24) is 0 Å². The van der Waals surface area contributed by atoms with Crippen molar-refractivity contribution in [2.24, 2.45) is 0 Å². The summed E-state index contributed by atoms with van der Waals surface area (Å²) in [5.41, 5.74) is 0. The molecular weight excluding hydrogens is 283 g/mol. The Labute approximate surface area is 108 Å². The molecule has 3 atom stereocenters. The van der Waals surface area contributed by atoms with Crippen molar-refractivity contribution in [2.75, 3.05) is 6.61 Å². The fourth-order valence-corrected chi connectivity index (χ4v) is 4.52. The molecule has 1 aromatic carbocycles. The summed E-state index contributed by atoms with van der Waals surface area (Å²) in [6, 6.07) is 8.70. The molecule has 1 aromatic rings. The van der Waals surface area contributed by atoms with Gasteiger partial charge in [-0.25, -0.2) is 4.21 Å². The molecule has 0 amide bonds. The zero-order chi connectivity index (χ0) is 12.9. The first-order chi connectivity index (χ1) is 8.00. The van der Waals surface area contributed by atoms with E-state index in [1.807, 2.05) is 6.07 Å². The minimum absolute atomic E-state index is 0.273. The summed E-state index contributed by atoms with van der Waals surface area (Å²) in [4.78, 5) is 0. The lowest BCUT2D eigenvalue weighted by molar-refractivity contribution is 0.268. The number of hydrogen-bond donors (Lipinski definition) is 0. The molecule has 1 rings (SSSR count). The van der Waals surface area contributed by atoms with Crippen LogP contribution in [0.25, 0.3) is 0 Å². The molecule has 0 aromatic heterocycles. The summed E-state index contributed by atoms with van der Waals surface area (Å²) in [6.07, 6.45) is 0. The lowest BCUT2D eigenvalue weighted by Crippen LogP contribution is -2.19. The second kappa shape index (κ2) is 6.66. The van der Waals surface area contributed by atoms with Crippen LogP contribution in [0.2, 0.25) is 0 Å². The van der Waals surface area contributed by atoms with Crippen molar-refractivity contribution in [3.63, 3.8) is 0 Å². The van der Waals surface area contributed by atoms with Crippen molar-refractivity contribution in [3.05, 3.63) is 30.3 Å². The Balaban J connectivity index is 3.05. The van der Waals surface area contributed by atoms with Crippen molar-refractivity contribution < 1.29 is 17.5 Å². The molecule has 0 fully saturated rings. The average molecular weight is 297 g/mol. The molecule has 0 N–H and O–H groups in total. The zero-order valence-corrected chi connectivity index (χ0v) is 12.0. The molecule has 0 aliphatic heterocycles. The van der Waals surface area contributed by atoms with Crippen LogP contribution in [0, 0.1) is 0 Å². The van der Waals surface area contributed by atoms with Crippen molar-refractivity contribution in [1.29, 1.82) is 0 Å². The van der Waals surface area contributed by atoms with Crippen LogP contribution in [0.5, 0.6) is 0 Å². The molecule has 4 nitrogen and oxygen atoms in total. The second-order valence-corrected chi connectivity index (χ2v) is 7.27. The molecule has 0 spiro atoms. The van der Waals surface area contributed by atoms with Crippen LogP contribution >= 0.6 is 18.1 Å². The van der Waals surface area contributed by atoms with Crippen LogP contribution < -0.4 is 5.30 Å². The molecule has 7 heteroatoms. The Bertz CT molecular complexity index is 426. The Morgan fingerprint density at radius 1 is 1.41 bits per heavy atom. The molecule has 0 saturated heterocycles. The van der Waals surface area contributed by atoms with Gasteiger partial charge >= 0.3 is 0 Å². The largest absolute Gasteiger partial charge is 0.324 e. The van der Waals surface area contributed by atoms with E-state index >= 15 is 0 Å². The molecule has 0 heterocycles. The first kappa shape index (κ1) is 14.9. The highest BCUT2D eigenvalue weighted by Crippen LogP contribution is 2.51. The van der Waals surface area contributed by atoms with Gasteiger partial charge < -0.3 is 4.52 Å². The van der Waals surface area contributed by atoms with Crippen LogP contribution in [0.15, 0.2) is 30.3 Å². The third kappa shape index (κ3) is 3.90. The fraction of sp³-hybridized carbons (Fsp3) is 0.400. The van der Waals surface area contributed by atoms with Crippen LogP contribution in [0.4, 0.5) is 0 Å². The van der Waals surface area contributed by atoms with Crippen molar-refractivity contribution in [3.8, 4) is 0 Å². The van der Waals surface area contributed by atoms with E-state index in [9.17, 15) is 8.77 Å². The van der Waals surface area contributed by atoms with Gasteiger partial charge in [0.1, 0.15) is 0 Å². The molecule has 96 valence electrons. The number of hydrogen-bond acceptors (Lipinski definition) is 4. The first-order valence-corrected chi connectivity index (χ1v) is 8.65. The molecule has 17 heavy (non-hydrogen) atoms. The van der Waals surface area contributed by atoms with Crippen LogP contribution in [-0.2, 0) is 23.6 Å². The summed E-state index contributed by atoms with van der Waals surface area (Å²) in [6.45, 7) is 3.54. The van der Waals surface area contributed by atoms with Crippen LogP contribution in [0.1, 0.15) is 13.8 Å². The SMILES string of the molecule is CCOP(=O)(c1ccccc1)C(C)OS(=O)Cl. The number of benzene rings is 1. The molecule has 0 aliphatic carbocycles. The summed E-state index contributed by atoms with van der Waals surface area (Å²) < 4.78 is 33.7. The Morgan fingerprint density at radius 3 is 2.47 bits per heavy atom. The highest BCUT2D eigenvalue weighted by Gasteiger charge is 2.35. The van der Waals surface area contributed by atoms with E-state index in [0.29, 0.717) is 5.30 Å². The van der Waals surface area contributed by atoms with Crippen molar-refractivity contribution >= 4 is 33.6 Å². The van der Waals surface area contributed by atoms with Gasteiger partial charge in [0.05, 0.1) is 6.61 Å². The maximum absolute atomic E-state index is 12.7. The smallest absolute Gasteiger partial charge is 0.261 e. The second-order valence-electron chi connectivity index (χ2n) is 3.24. The maximum Gasteiger partial charge on any atom is 0.261 e. The lowest BCUT2D eigenvalue weighted by atomic mass is 10.4. The number of halogens is 1. The predicted octanol–water partition coefficient (Wildman–Crippen LogP) is 2.81. The standard InChI is InChI=1S/C10H14ClO4PS/c1-3-14-16(12,9(2)15-17(11)13)10-7-5-4-6-8-10/h4-9H,3H2,1-2H3. The van der Waals surface area contributed by atoms with Crippen LogP contribution in [0.3, 0.4) is 0 Å². The highest BCUT2D eigenvalue weighted by atomic mass is 35.7. The highest BCUT2D eigenvalue weighted by molar-refractivity contribution is 8.04. The molecular formula is C10H14ClO4PS. The van der Waals surface area contributed by atoms with E-state index in [2.05, 4.69) is 0 Å². The van der Waals surface area contributed by atoms with Gasteiger partial charge in [0.15, 0.2) is 5.85 Å². The fourth-order valence-electron chi connectivity index (χ4n) is 1.38. The third-order valence-electron chi connectivity index (χ3n) is 2.13. The summed E-state index contributed by atoms with van der Waals surface area (Å²) in [7, 11) is 0.0238. The van der Waals surface area contributed by atoms with Crippen molar-refractivity contribution in [2.45, 2.75) is 19.7 Å². The summed E-state index contributed by atoms with van der Waals surface area (Å²) >= 11 is 0. The minimum atomic E-state index is -3.22. The van der Waals surface area contributed by atoms with Gasteiger partial charge in [-0.2, -0.15) is 0 Å². The topological polar surface area (TPSA) is 52.6 Å². The maximum atomic E-state index is 12.7. The van der Waals surface area contributed by atoms with E-state index in [1.54, 1.807) is 31.2 Å². The first-order valence-electron chi connectivity index (χ1n) is 5.05. The van der Waals surface area contributed by atoms with E-state index in [1.165, 1.54) is 6.92 Å². The molecule has 3 unspecified atom stereocenters. The van der Waals surface area contributed by atoms with Gasteiger partial charge in [-0.1, -0.05) is 18.2 Å². The lowest BCUT2D eigenvalue weighted by Gasteiger charge is -2.23. The monoisotopic (exact) mass is 296 g/mol. The normalized spacial score (nSPS) is 18.3. The van der Waals surface area contributed by atoms with Crippen LogP contribution in [-0.4, -0.2) is 16.7 Å². The predicted molar refractivity (Wildman–Crippen MR) is 69.9 cm³/mol.